The second-order valence-electron chi connectivity index (χ2n) is 16.7. The first-order chi connectivity index (χ1) is 27.6. The summed E-state index contributed by atoms with van der Waals surface area (Å²) < 4.78 is 10.3. The topological polar surface area (TPSA) is 230 Å². The van der Waals surface area contributed by atoms with Crippen LogP contribution >= 0.6 is 0 Å². The number of imidazole rings is 1. The van der Waals surface area contributed by atoms with E-state index in [0.29, 0.717) is 12.1 Å². The van der Waals surface area contributed by atoms with Gasteiger partial charge in [0.1, 0.15) is 41.9 Å². The molecule has 0 spiro atoms. The van der Waals surface area contributed by atoms with Crippen LogP contribution in [0, 0.1) is 17.8 Å². The van der Waals surface area contributed by atoms with Gasteiger partial charge in [-0.1, -0.05) is 78.3 Å². The van der Waals surface area contributed by atoms with Crippen LogP contribution in [-0.2, 0) is 51.1 Å². The molecule has 0 saturated carbocycles. The number of nitrogens with zero attached hydrogens (tertiary/aromatic N) is 2. The number of aromatic nitrogens is 2. The number of esters is 1. The summed E-state index contributed by atoms with van der Waals surface area (Å²) in [6.45, 7) is 17.5. The van der Waals surface area contributed by atoms with E-state index in [0.717, 1.165) is 5.56 Å². The molecule has 17 nitrogen and oxygen atoms in total. The molecule has 1 aromatic carbocycles. The number of carbonyl (C=O) groups excluding carboxylic acids is 7. The van der Waals surface area contributed by atoms with Crippen LogP contribution in [0.2, 0.25) is 0 Å². The molecule has 6 N–H and O–H groups in total. The van der Waals surface area contributed by atoms with Crippen LogP contribution in [0.1, 0.15) is 93.3 Å². The monoisotopic (exact) mass is 826 g/mol. The maximum absolute atomic E-state index is 13.9. The first-order valence-corrected chi connectivity index (χ1v) is 20.1. The maximum atomic E-state index is 13.9. The van der Waals surface area contributed by atoms with Crippen molar-refractivity contribution in [3.05, 3.63) is 54.1 Å². The number of amides is 6. The molecule has 59 heavy (non-hydrogen) atoms. The second kappa shape index (κ2) is 23.2. The largest absolute Gasteiger partial charge is 0.467 e. The summed E-state index contributed by atoms with van der Waals surface area (Å²) in [7, 11) is 2.65. The van der Waals surface area contributed by atoms with Gasteiger partial charge in [0.2, 0.25) is 29.5 Å². The molecule has 0 aliphatic carbocycles. The zero-order chi connectivity index (χ0) is 44.6. The summed E-state index contributed by atoms with van der Waals surface area (Å²) >= 11 is 0. The van der Waals surface area contributed by atoms with E-state index < -0.39 is 89.4 Å². The molecule has 0 aliphatic heterocycles. The van der Waals surface area contributed by atoms with Gasteiger partial charge in [0.25, 0.3) is 0 Å². The minimum Gasteiger partial charge on any atom is -0.467 e. The molecule has 0 radical (unpaired) electrons. The van der Waals surface area contributed by atoms with Crippen LogP contribution in [-0.4, -0.2) is 112 Å². The van der Waals surface area contributed by atoms with Crippen LogP contribution in [0.15, 0.2) is 42.9 Å². The molecule has 2 aromatic rings. The fourth-order valence-corrected chi connectivity index (χ4v) is 6.05. The van der Waals surface area contributed by atoms with Crippen molar-refractivity contribution in [2.24, 2.45) is 17.8 Å². The van der Waals surface area contributed by atoms with E-state index in [1.165, 1.54) is 38.5 Å². The molecule has 17 heteroatoms. The van der Waals surface area contributed by atoms with Gasteiger partial charge in [-0.05, 0) is 57.4 Å². The number of rotatable bonds is 21. The normalized spacial score (nSPS) is 15.0. The van der Waals surface area contributed by atoms with Gasteiger partial charge in [-0.3, -0.25) is 24.0 Å². The van der Waals surface area contributed by atoms with Crippen LogP contribution < -0.4 is 26.6 Å². The van der Waals surface area contributed by atoms with Gasteiger partial charge in [-0.15, -0.1) is 0 Å². The fourth-order valence-electron chi connectivity index (χ4n) is 6.05. The number of carbonyl (C=O) groups is 7. The number of aromatic amines is 1. The molecule has 0 bridgehead atoms. The Hall–Kier alpha value is -5.48. The van der Waals surface area contributed by atoms with Gasteiger partial charge in [-0.25, -0.2) is 14.6 Å². The molecule has 2 rings (SSSR count). The molecule has 328 valence electrons. The zero-order valence-electron chi connectivity index (χ0n) is 36.6. The standard InChI is InChI=1S/C42H66N8O9/c1-13-26(6)34(38(54)46-32(40(56)58-12)21-29-22-43-23-44-29)49-37(53)33(25(4)5)48-36(52)30(19-24(2)3)45-35(51)27(7)50(11)39(55)31(20-28-17-15-14-16-18-28)47-41(57)59-42(8,9)10/h14-18,22-27,30-34H,13,19-21H2,1-12H3,(H,43,44)(H,45,51)(H,46,54)(H,47,57)(H,48,52)(H,49,53)/t26-,27-,30-,31-,32-,33-,34-/m0/s1. The molecule has 0 saturated heterocycles. The summed E-state index contributed by atoms with van der Waals surface area (Å²) in [5, 5.41) is 13.7. The van der Waals surface area contributed by atoms with Gasteiger partial charge in [-0.2, -0.15) is 0 Å². The Labute approximate surface area is 348 Å². The van der Waals surface area contributed by atoms with E-state index in [1.807, 2.05) is 51.1 Å². The number of likely N-dealkylation sites (N-methyl/N-ethyl adjacent to an activating group) is 1. The van der Waals surface area contributed by atoms with Crippen molar-refractivity contribution in [1.29, 1.82) is 0 Å². The number of hydrogen-bond acceptors (Lipinski definition) is 10. The van der Waals surface area contributed by atoms with Crippen molar-refractivity contribution >= 4 is 41.6 Å². The molecule has 0 unspecified atom stereocenters. The zero-order valence-corrected chi connectivity index (χ0v) is 36.6. The SMILES string of the molecule is CC[C@H](C)[C@H](NC(=O)[C@@H](NC(=O)[C@H](CC(C)C)NC(=O)[C@H](C)N(C)C(=O)[C@H](Cc1ccccc1)NC(=O)OC(C)(C)C)C(C)C)C(=O)N[C@@H](Cc1cnc[nH]1)C(=O)OC. The van der Waals surface area contributed by atoms with Crippen molar-refractivity contribution < 1.29 is 43.0 Å². The van der Waals surface area contributed by atoms with Crippen LogP contribution in [0.25, 0.3) is 0 Å². The molecule has 1 heterocycles. The lowest BCUT2D eigenvalue weighted by Crippen LogP contribution is -2.61. The number of methoxy groups -OCH3 is 1. The van der Waals surface area contributed by atoms with E-state index >= 15 is 0 Å². The Kier molecular flexibility index (Phi) is 19.5. The summed E-state index contributed by atoms with van der Waals surface area (Å²) in [5.74, 6) is -4.62. The average molecular weight is 827 g/mol. The molecular formula is C42H66N8O9. The lowest BCUT2D eigenvalue weighted by molar-refractivity contribution is -0.145. The van der Waals surface area contributed by atoms with E-state index in [4.69, 9.17) is 9.47 Å². The first kappa shape index (κ1) is 49.7. The number of benzene rings is 1. The molecule has 7 atom stereocenters. The van der Waals surface area contributed by atoms with Crippen molar-refractivity contribution in [3.8, 4) is 0 Å². The van der Waals surface area contributed by atoms with Gasteiger partial charge < -0.3 is 45.9 Å². The fraction of sp³-hybridized carbons (Fsp3) is 0.619. The van der Waals surface area contributed by atoms with Gasteiger partial charge >= 0.3 is 12.1 Å². The highest BCUT2D eigenvalue weighted by Gasteiger charge is 2.37. The van der Waals surface area contributed by atoms with Crippen molar-refractivity contribution in [1.82, 2.24) is 41.5 Å². The number of ether oxygens (including phenoxy) is 2. The highest BCUT2D eigenvalue weighted by Crippen LogP contribution is 2.15. The summed E-state index contributed by atoms with van der Waals surface area (Å²) in [6.07, 6.45) is 3.09. The lowest BCUT2D eigenvalue weighted by atomic mass is 9.95. The molecule has 1 aromatic heterocycles. The Balaban J connectivity index is 2.26. The summed E-state index contributed by atoms with van der Waals surface area (Å²) in [6, 6.07) is 2.58. The summed E-state index contributed by atoms with van der Waals surface area (Å²) in [5.41, 5.74) is 0.549. The van der Waals surface area contributed by atoms with E-state index in [1.54, 1.807) is 41.5 Å². The van der Waals surface area contributed by atoms with E-state index in [2.05, 4.69) is 36.6 Å². The third-order valence-electron chi connectivity index (χ3n) is 9.74. The molecule has 0 fully saturated rings. The van der Waals surface area contributed by atoms with Gasteiger partial charge in [0.05, 0.1) is 13.4 Å². The third kappa shape index (κ3) is 16.4. The van der Waals surface area contributed by atoms with Crippen molar-refractivity contribution in [3.63, 3.8) is 0 Å². The maximum Gasteiger partial charge on any atom is 0.408 e. The van der Waals surface area contributed by atoms with E-state index in [-0.39, 0.29) is 31.1 Å². The predicted molar refractivity (Wildman–Crippen MR) is 221 cm³/mol. The lowest BCUT2D eigenvalue weighted by Gasteiger charge is -2.32. The quantitative estimate of drug-likeness (QED) is 0.101. The average Bonchev–Trinajstić information content (AvgIpc) is 3.69. The first-order valence-electron chi connectivity index (χ1n) is 20.1. The highest BCUT2D eigenvalue weighted by molar-refractivity contribution is 5.96. The smallest absolute Gasteiger partial charge is 0.408 e. The second-order valence-corrected chi connectivity index (χ2v) is 16.7. The Morgan fingerprint density at radius 3 is 1.88 bits per heavy atom. The minimum atomic E-state index is -1.12. The molecule has 6 amide bonds. The summed E-state index contributed by atoms with van der Waals surface area (Å²) in [4.78, 5) is 103. The van der Waals surface area contributed by atoms with Gasteiger partial charge in [0.15, 0.2) is 0 Å². The number of hydrogen-bond donors (Lipinski definition) is 6. The van der Waals surface area contributed by atoms with Crippen molar-refractivity contribution in [2.45, 2.75) is 137 Å². The molecule has 0 aliphatic rings. The third-order valence-corrected chi connectivity index (χ3v) is 9.74. The Morgan fingerprint density at radius 1 is 0.763 bits per heavy atom. The Bertz CT molecular complexity index is 1690. The number of alkyl carbamates (subject to hydrolysis) is 1. The molecular weight excluding hydrogens is 761 g/mol. The Morgan fingerprint density at radius 2 is 1.36 bits per heavy atom. The van der Waals surface area contributed by atoms with Gasteiger partial charge in [0, 0.05) is 31.8 Å². The predicted octanol–water partition coefficient (Wildman–Crippen LogP) is 2.80. The number of H-pyrrole nitrogens is 1. The van der Waals surface area contributed by atoms with Crippen LogP contribution in [0.4, 0.5) is 4.79 Å². The number of nitrogens with one attached hydrogen (secondary N) is 6. The van der Waals surface area contributed by atoms with Crippen LogP contribution in [0.3, 0.4) is 0 Å². The minimum absolute atomic E-state index is 0.0664. The highest BCUT2D eigenvalue weighted by atomic mass is 16.6. The van der Waals surface area contributed by atoms with Crippen LogP contribution in [0.5, 0.6) is 0 Å². The van der Waals surface area contributed by atoms with E-state index in [9.17, 15) is 33.6 Å². The van der Waals surface area contributed by atoms with Crippen molar-refractivity contribution in [2.75, 3.05) is 14.2 Å².